The van der Waals surface area contributed by atoms with Crippen molar-refractivity contribution in [1.29, 1.82) is 0 Å². The second kappa shape index (κ2) is 5.44. The van der Waals surface area contributed by atoms with Crippen LogP contribution in [0.1, 0.15) is 44.9 Å². The second-order valence-corrected chi connectivity index (χ2v) is 6.18. The SMILES string of the molecule is O=C(c1cc2c(s1)CCCCC2)c1c(F)cccc1F. The fourth-order valence-corrected chi connectivity index (χ4v) is 3.82. The molecule has 0 radical (unpaired) electrons. The van der Waals surface area contributed by atoms with Crippen LogP contribution in [0.3, 0.4) is 0 Å². The molecule has 1 aliphatic rings. The first-order valence-electron chi connectivity index (χ1n) is 6.77. The molecule has 0 amide bonds. The summed E-state index contributed by atoms with van der Waals surface area (Å²) < 4.78 is 27.4. The van der Waals surface area contributed by atoms with Crippen molar-refractivity contribution in [2.45, 2.75) is 32.1 Å². The number of hydrogen-bond donors (Lipinski definition) is 0. The van der Waals surface area contributed by atoms with Crippen molar-refractivity contribution in [3.63, 3.8) is 0 Å². The molecule has 3 rings (SSSR count). The molecule has 4 heteroatoms. The monoisotopic (exact) mass is 292 g/mol. The molecule has 1 heterocycles. The Morgan fingerprint density at radius 1 is 1.05 bits per heavy atom. The van der Waals surface area contributed by atoms with E-state index in [2.05, 4.69) is 0 Å². The van der Waals surface area contributed by atoms with E-state index < -0.39 is 23.0 Å². The minimum Gasteiger partial charge on any atom is -0.287 e. The van der Waals surface area contributed by atoms with E-state index in [1.165, 1.54) is 34.3 Å². The number of carbonyl (C=O) groups is 1. The van der Waals surface area contributed by atoms with Gasteiger partial charge in [0.2, 0.25) is 5.78 Å². The number of thiophene rings is 1. The van der Waals surface area contributed by atoms with Crippen LogP contribution < -0.4 is 0 Å². The first kappa shape index (κ1) is 13.4. The number of benzene rings is 1. The van der Waals surface area contributed by atoms with E-state index in [1.54, 1.807) is 0 Å². The predicted octanol–water partition coefficient (Wildman–Crippen LogP) is 4.53. The van der Waals surface area contributed by atoms with Gasteiger partial charge in [0.1, 0.15) is 11.6 Å². The maximum absolute atomic E-state index is 13.7. The molecule has 20 heavy (non-hydrogen) atoms. The third kappa shape index (κ3) is 2.40. The van der Waals surface area contributed by atoms with Crippen molar-refractivity contribution >= 4 is 17.1 Å². The highest BCUT2D eigenvalue weighted by Gasteiger charge is 2.22. The number of carbonyl (C=O) groups excluding carboxylic acids is 1. The van der Waals surface area contributed by atoms with Gasteiger partial charge in [-0.1, -0.05) is 12.5 Å². The molecule has 0 saturated heterocycles. The van der Waals surface area contributed by atoms with Gasteiger partial charge in [0, 0.05) is 4.88 Å². The third-order valence-corrected chi connectivity index (χ3v) is 4.90. The largest absolute Gasteiger partial charge is 0.287 e. The zero-order chi connectivity index (χ0) is 14.1. The molecule has 0 aliphatic heterocycles. The van der Waals surface area contributed by atoms with E-state index in [-0.39, 0.29) is 0 Å². The van der Waals surface area contributed by atoms with Gasteiger partial charge in [-0.25, -0.2) is 8.78 Å². The van der Waals surface area contributed by atoms with Crippen molar-refractivity contribution in [3.8, 4) is 0 Å². The Kier molecular flexibility index (Phi) is 3.66. The van der Waals surface area contributed by atoms with Gasteiger partial charge < -0.3 is 0 Å². The Labute approximate surface area is 120 Å². The Balaban J connectivity index is 1.99. The van der Waals surface area contributed by atoms with Crippen molar-refractivity contribution in [2.75, 3.05) is 0 Å². The van der Waals surface area contributed by atoms with E-state index in [4.69, 9.17) is 0 Å². The van der Waals surface area contributed by atoms with Crippen LogP contribution in [0.5, 0.6) is 0 Å². The summed E-state index contributed by atoms with van der Waals surface area (Å²) in [5.41, 5.74) is 0.733. The molecule has 1 nitrogen and oxygen atoms in total. The first-order valence-corrected chi connectivity index (χ1v) is 7.59. The Morgan fingerprint density at radius 3 is 2.50 bits per heavy atom. The number of ketones is 1. The Hall–Kier alpha value is -1.55. The van der Waals surface area contributed by atoms with Crippen LogP contribution in [0.25, 0.3) is 0 Å². The van der Waals surface area contributed by atoms with Gasteiger partial charge in [-0.3, -0.25) is 4.79 Å². The minimum atomic E-state index is -0.793. The Morgan fingerprint density at radius 2 is 1.75 bits per heavy atom. The number of rotatable bonds is 2. The number of fused-ring (bicyclic) bond motifs is 1. The maximum Gasteiger partial charge on any atom is 0.208 e. The van der Waals surface area contributed by atoms with Crippen LogP contribution in [-0.2, 0) is 12.8 Å². The zero-order valence-corrected chi connectivity index (χ0v) is 11.7. The molecule has 0 bridgehead atoms. The highest BCUT2D eigenvalue weighted by molar-refractivity contribution is 7.14. The number of hydrogen-bond acceptors (Lipinski definition) is 2. The van der Waals surface area contributed by atoms with Crippen molar-refractivity contribution < 1.29 is 13.6 Å². The van der Waals surface area contributed by atoms with E-state index in [9.17, 15) is 13.6 Å². The lowest BCUT2D eigenvalue weighted by Crippen LogP contribution is -2.05. The van der Waals surface area contributed by atoms with Crippen LogP contribution in [0.15, 0.2) is 24.3 Å². The van der Waals surface area contributed by atoms with Crippen LogP contribution in [0.2, 0.25) is 0 Å². The molecular weight excluding hydrogens is 278 g/mol. The van der Waals surface area contributed by atoms with Gasteiger partial charge in [0.15, 0.2) is 0 Å². The first-order chi connectivity index (χ1) is 9.66. The van der Waals surface area contributed by atoms with Gasteiger partial charge in [-0.2, -0.15) is 0 Å². The second-order valence-electron chi connectivity index (χ2n) is 5.05. The van der Waals surface area contributed by atoms with Crippen LogP contribution in [-0.4, -0.2) is 5.78 Å². The standard InChI is InChI=1S/C16H14F2OS/c17-11-6-4-7-12(18)15(11)16(19)14-9-10-5-2-1-3-8-13(10)20-14/h4,6-7,9H,1-3,5,8H2. The lowest BCUT2D eigenvalue weighted by Gasteiger charge is -2.01. The highest BCUT2D eigenvalue weighted by atomic mass is 32.1. The lowest BCUT2D eigenvalue weighted by atomic mass is 10.1. The molecule has 2 aromatic rings. The minimum absolute atomic E-state index is 0.441. The predicted molar refractivity (Wildman–Crippen MR) is 75.4 cm³/mol. The van der Waals surface area contributed by atoms with Gasteiger partial charge in [0.25, 0.3) is 0 Å². The molecule has 0 N–H and O–H groups in total. The van der Waals surface area contributed by atoms with Crippen LogP contribution >= 0.6 is 11.3 Å². The smallest absolute Gasteiger partial charge is 0.208 e. The molecule has 0 spiro atoms. The summed E-state index contributed by atoms with van der Waals surface area (Å²) >= 11 is 1.39. The maximum atomic E-state index is 13.7. The molecule has 1 aromatic heterocycles. The van der Waals surface area contributed by atoms with Gasteiger partial charge >= 0.3 is 0 Å². The molecule has 0 atom stereocenters. The quantitative estimate of drug-likeness (QED) is 0.587. The van der Waals surface area contributed by atoms with Gasteiger partial charge in [-0.15, -0.1) is 11.3 Å². The molecule has 0 saturated carbocycles. The van der Waals surface area contributed by atoms with Crippen LogP contribution in [0, 0.1) is 11.6 Å². The van der Waals surface area contributed by atoms with Crippen molar-refractivity contribution in [1.82, 2.24) is 0 Å². The molecular formula is C16H14F2OS. The lowest BCUT2D eigenvalue weighted by molar-refractivity contribution is 0.103. The van der Waals surface area contributed by atoms with E-state index in [1.807, 2.05) is 6.07 Å². The van der Waals surface area contributed by atoms with E-state index >= 15 is 0 Å². The summed E-state index contributed by atoms with van der Waals surface area (Å²) in [6.07, 6.45) is 5.36. The Bertz CT molecular complexity index is 617. The molecule has 0 fully saturated rings. The fraction of sp³-hybridized carbons (Fsp3) is 0.312. The highest BCUT2D eigenvalue weighted by Crippen LogP contribution is 2.31. The summed E-state index contributed by atoms with van der Waals surface area (Å²) in [7, 11) is 0. The summed E-state index contributed by atoms with van der Waals surface area (Å²) in [6.45, 7) is 0. The normalized spacial score (nSPS) is 14.7. The fourth-order valence-electron chi connectivity index (χ4n) is 2.62. The number of aryl methyl sites for hydroxylation is 2. The van der Waals surface area contributed by atoms with E-state index in [0.717, 1.165) is 37.8 Å². The zero-order valence-electron chi connectivity index (χ0n) is 10.9. The summed E-state index contributed by atoms with van der Waals surface area (Å²) in [5, 5.41) is 0. The van der Waals surface area contributed by atoms with Crippen molar-refractivity contribution in [3.05, 3.63) is 56.8 Å². The summed E-state index contributed by atoms with van der Waals surface area (Å²) in [5.74, 6) is -2.13. The summed E-state index contributed by atoms with van der Waals surface area (Å²) in [6, 6.07) is 5.33. The molecule has 0 unspecified atom stereocenters. The van der Waals surface area contributed by atoms with Crippen LogP contribution in [0.4, 0.5) is 8.78 Å². The van der Waals surface area contributed by atoms with Gasteiger partial charge in [0.05, 0.1) is 10.4 Å². The third-order valence-electron chi connectivity index (χ3n) is 3.66. The molecule has 1 aromatic carbocycles. The molecule has 1 aliphatic carbocycles. The number of halogens is 2. The average molecular weight is 292 g/mol. The summed E-state index contributed by atoms with van der Waals surface area (Å²) in [4.78, 5) is 14.0. The molecule has 104 valence electrons. The average Bonchev–Trinajstić information content (AvgIpc) is 2.70. The topological polar surface area (TPSA) is 17.1 Å². The van der Waals surface area contributed by atoms with Crippen molar-refractivity contribution in [2.24, 2.45) is 0 Å². The van der Waals surface area contributed by atoms with Gasteiger partial charge in [-0.05, 0) is 49.4 Å². The van der Waals surface area contributed by atoms with E-state index in [0.29, 0.717) is 4.88 Å².